The normalized spacial score (nSPS) is 11.3. The first-order chi connectivity index (χ1) is 7.00. The number of rotatable bonds is 1. The summed E-state index contributed by atoms with van der Waals surface area (Å²) in [5.41, 5.74) is 0.593. The van der Waals surface area contributed by atoms with Crippen molar-refractivity contribution >= 4 is 11.7 Å². The molecule has 0 spiro atoms. The first kappa shape index (κ1) is 11.4. The number of hydrogen-bond acceptors (Lipinski definition) is 1. The van der Waals surface area contributed by atoms with Crippen LogP contribution in [0.25, 0.3) is 0 Å². The summed E-state index contributed by atoms with van der Waals surface area (Å²) in [4.78, 5) is 16.4. The molecule has 0 fully saturated rings. The van der Waals surface area contributed by atoms with Crippen molar-refractivity contribution in [1.82, 2.24) is 4.90 Å². The standard InChI is InChI=1S/C11H13FN2O/c1-8(15)13-11(14(2)3)9-5-4-6-10(12)7-9/h4-7H,1-3H3. The van der Waals surface area contributed by atoms with Crippen molar-refractivity contribution in [1.29, 1.82) is 0 Å². The van der Waals surface area contributed by atoms with Gasteiger partial charge in [0.15, 0.2) is 0 Å². The second-order valence-corrected chi connectivity index (χ2v) is 3.36. The molecule has 0 aliphatic carbocycles. The Morgan fingerprint density at radius 2 is 2.07 bits per heavy atom. The number of carbonyl (C=O) groups excluding carboxylic acids is 1. The van der Waals surface area contributed by atoms with Crippen LogP contribution in [-0.2, 0) is 4.79 Å². The van der Waals surface area contributed by atoms with Gasteiger partial charge in [0, 0.05) is 26.6 Å². The molecule has 1 rings (SSSR count). The topological polar surface area (TPSA) is 32.7 Å². The Bertz CT molecular complexity index is 399. The minimum atomic E-state index is -0.342. The molecular weight excluding hydrogens is 195 g/mol. The van der Waals surface area contributed by atoms with Crippen LogP contribution in [0.2, 0.25) is 0 Å². The van der Waals surface area contributed by atoms with Crippen LogP contribution >= 0.6 is 0 Å². The minimum absolute atomic E-state index is 0.303. The van der Waals surface area contributed by atoms with Gasteiger partial charge in [-0.3, -0.25) is 4.79 Å². The van der Waals surface area contributed by atoms with Crippen molar-refractivity contribution in [3.05, 3.63) is 35.6 Å². The van der Waals surface area contributed by atoms with Gasteiger partial charge in [0.25, 0.3) is 0 Å². The second-order valence-electron chi connectivity index (χ2n) is 3.36. The number of carbonyl (C=O) groups is 1. The maximum Gasteiger partial charge on any atom is 0.244 e. The molecule has 0 unspecified atom stereocenters. The van der Waals surface area contributed by atoms with Crippen LogP contribution in [0.15, 0.2) is 29.3 Å². The zero-order valence-electron chi connectivity index (χ0n) is 8.99. The zero-order chi connectivity index (χ0) is 11.4. The molecule has 0 saturated heterocycles. The number of hydrogen-bond donors (Lipinski definition) is 0. The average Bonchev–Trinajstić information content (AvgIpc) is 2.13. The third-order valence-electron chi connectivity index (χ3n) is 1.77. The number of halogens is 1. The molecule has 0 heterocycles. The highest BCUT2D eigenvalue weighted by Crippen LogP contribution is 2.07. The predicted molar refractivity (Wildman–Crippen MR) is 57.3 cm³/mol. The summed E-state index contributed by atoms with van der Waals surface area (Å²) in [6.45, 7) is 1.36. The molecule has 1 amide bonds. The Kier molecular flexibility index (Phi) is 3.55. The highest BCUT2D eigenvalue weighted by molar-refractivity contribution is 6.04. The SMILES string of the molecule is CC(=O)N=C(c1cccc(F)c1)N(C)C. The maximum absolute atomic E-state index is 13.0. The predicted octanol–water partition coefficient (Wildman–Crippen LogP) is 1.68. The highest BCUT2D eigenvalue weighted by atomic mass is 19.1. The van der Waals surface area contributed by atoms with Crippen LogP contribution < -0.4 is 0 Å². The highest BCUT2D eigenvalue weighted by Gasteiger charge is 2.07. The molecule has 0 aliphatic rings. The molecule has 0 aromatic heterocycles. The number of amides is 1. The summed E-state index contributed by atoms with van der Waals surface area (Å²) < 4.78 is 13.0. The van der Waals surface area contributed by atoms with E-state index in [1.165, 1.54) is 19.1 Å². The number of benzene rings is 1. The lowest BCUT2D eigenvalue weighted by molar-refractivity contribution is -0.115. The van der Waals surface area contributed by atoms with E-state index >= 15 is 0 Å². The number of amidine groups is 1. The third-order valence-corrected chi connectivity index (χ3v) is 1.77. The van der Waals surface area contributed by atoms with E-state index in [4.69, 9.17) is 0 Å². The fourth-order valence-electron chi connectivity index (χ4n) is 1.20. The Morgan fingerprint density at radius 3 is 2.53 bits per heavy atom. The van der Waals surface area contributed by atoms with Gasteiger partial charge < -0.3 is 4.90 Å². The van der Waals surface area contributed by atoms with Gasteiger partial charge >= 0.3 is 0 Å². The largest absolute Gasteiger partial charge is 0.362 e. The molecule has 0 saturated carbocycles. The third kappa shape index (κ3) is 3.16. The molecule has 1 aromatic carbocycles. The molecule has 0 N–H and O–H groups in total. The number of nitrogens with zero attached hydrogens (tertiary/aromatic N) is 2. The molecule has 0 atom stereocenters. The van der Waals surface area contributed by atoms with Gasteiger partial charge in [0.2, 0.25) is 5.91 Å². The summed E-state index contributed by atoms with van der Waals surface area (Å²) in [6.07, 6.45) is 0. The van der Waals surface area contributed by atoms with Gasteiger partial charge in [-0.25, -0.2) is 4.39 Å². The van der Waals surface area contributed by atoms with Gasteiger partial charge in [0.1, 0.15) is 11.7 Å². The fraction of sp³-hybridized carbons (Fsp3) is 0.273. The Labute approximate surface area is 88.2 Å². The van der Waals surface area contributed by atoms with Crippen molar-refractivity contribution < 1.29 is 9.18 Å². The van der Waals surface area contributed by atoms with Gasteiger partial charge in [-0.1, -0.05) is 12.1 Å². The van der Waals surface area contributed by atoms with E-state index in [0.717, 1.165) is 0 Å². The first-order valence-corrected chi connectivity index (χ1v) is 4.53. The van der Waals surface area contributed by atoms with Crippen LogP contribution in [0.4, 0.5) is 4.39 Å². The second kappa shape index (κ2) is 4.68. The van der Waals surface area contributed by atoms with Crippen LogP contribution in [0, 0.1) is 5.82 Å². The molecule has 4 heteroatoms. The zero-order valence-corrected chi connectivity index (χ0v) is 8.99. The van der Waals surface area contributed by atoms with Crippen LogP contribution in [0.3, 0.4) is 0 Å². The van der Waals surface area contributed by atoms with Crippen molar-refractivity contribution in [2.75, 3.05) is 14.1 Å². The van der Waals surface area contributed by atoms with Gasteiger partial charge in [-0.2, -0.15) is 4.99 Å². The quantitative estimate of drug-likeness (QED) is 0.519. The lowest BCUT2D eigenvalue weighted by atomic mass is 10.2. The van der Waals surface area contributed by atoms with Crippen molar-refractivity contribution in [2.45, 2.75) is 6.92 Å². The first-order valence-electron chi connectivity index (χ1n) is 4.53. The molecule has 80 valence electrons. The van der Waals surface area contributed by atoms with E-state index in [0.29, 0.717) is 11.4 Å². The van der Waals surface area contributed by atoms with E-state index in [9.17, 15) is 9.18 Å². The molecule has 3 nitrogen and oxygen atoms in total. The lowest BCUT2D eigenvalue weighted by Crippen LogP contribution is -2.24. The maximum atomic E-state index is 13.0. The van der Waals surface area contributed by atoms with Crippen molar-refractivity contribution in [2.24, 2.45) is 4.99 Å². The Morgan fingerprint density at radius 1 is 1.40 bits per heavy atom. The average molecular weight is 208 g/mol. The van der Waals surface area contributed by atoms with E-state index in [1.807, 2.05) is 0 Å². The molecule has 15 heavy (non-hydrogen) atoms. The van der Waals surface area contributed by atoms with Gasteiger partial charge in [-0.05, 0) is 12.1 Å². The van der Waals surface area contributed by atoms with Crippen molar-refractivity contribution in [3.63, 3.8) is 0 Å². The van der Waals surface area contributed by atoms with E-state index in [2.05, 4.69) is 4.99 Å². The van der Waals surface area contributed by atoms with Crippen molar-refractivity contribution in [3.8, 4) is 0 Å². The molecule has 0 aliphatic heterocycles. The minimum Gasteiger partial charge on any atom is -0.362 e. The fourth-order valence-corrected chi connectivity index (χ4v) is 1.20. The summed E-state index contributed by atoms with van der Waals surface area (Å²) >= 11 is 0. The van der Waals surface area contributed by atoms with E-state index < -0.39 is 0 Å². The number of aliphatic imine (C=N–C) groups is 1. The molecule has 0 bridgehead atoms. The summed E-state index contributed by atoms with van der Waals surface area (Å²) in [5, 5.41) is 0. The summed E-state index contributed by atoms with van der Waals surface area (Å²) in [5.74, 6) is -0.185. The Balaban J connectivity index is 3.16. The molecular formula is C11H13FN2O. The van der Waals surface area contributed by atoms with Crippen LogP contribution in [-0.4, -0.2) is 30.7 Å². The summed E-state index contributed by atoms with van der Waals surface area (Å²) in [7, 11) is 3.51. The lowest BCUT2D eigenvalue weighted by Gasteiger charge is -2.15. The monoisotopic (exact) mass is 208 g/mol. The van der Waals surface area contributed by atoms with E-state index in [-0.39, 0.29) is 11.7 Å². The molecule has 1 aromatic rings. The summed E-state index contributed by atoms with van der Waals surface area (Å²) in [6, 6.07) is 6.00. The van der Waals surface area contributed by atoms with Crippen LogP contribution in [0.1, 0.15) is 12.5 Å². The van der Waals surface area contributed by atoms with Gasteiger partial charge in [0.05, 0.1) is 0 Å². The van der Waals surface area contributed by atoms with Crippen LogP contribution in [0.5, 0.6) is 0 Å². The smallest absolute Gasteiger partial charge is 0.244 e. The molecule has 0 radical (unpaired) electrons. The Hall–Kier alpha value is -1.71. The van der Waals surface area contributed by atoms with E-state index in [1.54, 1.807) is 31.1 Å². The van der Waals surface area contributed by atoms with Gasteiger partial charge in [-0.15, -0.1) is 0 Å².